The van der Waals surface area contributed by atoms with Gasteiger partial charge in [0.15, 0.2) is 10.9 Å². The Bertz CT molecular complexity index is 1840. The van der Waals surface area contributed by atoms with E-state index in [0.717, 1.165) is 17.5 Å². The Hall–Kier alpha value is -4.70. The van der Waals surface area contributed by atoms with Crippen LogP contribution in [0.1, 0.15) is 49.7 Å². The van der Waals surface area contributed by atoms with Crippen LogP contribution in [0.4, 0.5) is 5.13 Å². The molecule has 0 spiro atoms. The number of Topliss-reactive ketones (excluding diaryl/α,β-unsaturated/α-hetero) is 1. The molecule has 10 heteroatoms. The summed E-state index contributed by atoms with van der Waals surface area (Å²) in [5.74, 6) is -0.466. The number of thiazole rings is 1. The van der Waals surface area contributed by atoms with Crippen molar-refractivity contribution in [2.24, 2.45) is 0 Å². The van der Waals surface area contributed by atoms with Crippen LogP contribution < -0.4 is 14.4 Å². The topological polar surface area (TPSA) is 106 Å². The summed E-state index contributed by atoms with van der Waals surface area (Å²) in [6, 6.07) is 17.4. The number of aromatic nitrogens is 3. The van der Waals surface area contributed by atoms with Crippen molar-refractivity contribution in [3.63, 3.8) is 0 Å². The van der Waals surface area contributed by atoms with E-state index in [1.807, 2.05) is 67.6 Å². The summed E-state index contributed by atoms with van der Waals surface area (Å²) in [4.78, 5) is 38.1. The minimum absolute atomic E-state index is 0.0253. The number of hydrogen-bond donors (Lipinski definition) is 1. The number of imidazole rings is 1. The minimum atomic E-state index is -0.921. The Morgan fingerprint density at radius 2 is 1.79 bits per heavy atom. The van der Waals surface area contributed by atoms with Crippen LogP contribution in [0.2, 0.25) is 0 Å². The lowest BCUT2D eigenvalue weighted by atomic mass is 9.96. The van der Waals surface area contributed by atoms with Gasteiger partial charge in [0.1, 0.15) is 22.8 Å². The molecule has 3 aromatic heterocycles. The number of hydrogen-bond acceptors (Lipinski definition) is 8. The molecule has 6 rings (SSSR count). The van der Waals surface area contributed by atoms with Gasteiger partial charge in [0, 0.05) is 6.20 Å². The standard InChI is InChI=1S/C32H30N4O5S/c1-4-6-17-41-21-12-10-20(11-13-21)28-26(29(37)27-19(3)33-25-9-7-8-16-35(25)27)30(38)31(39)36(28)32-34-23-15-14-22(40-5-2)18-24(23)42-32/h7-16,18,28,37H,4-6,17H2,1-3H3. The lowest BCUT2D eigenvalue weighted by molar-refractivity contribution is -0.132. The smallest absolute Gasteiger partial charge is 0.301 e. The second kappa shape index (κ2) is 11.3. The molecule has 1 saturated heterocycles. The number of carbonyl (C=O) groups is 2. The molecule has 1 unspecified atom stereocenters. The van der Waals surface area contributed by atoms with E-state index >= 15 is 0 Å². The number of aliphatic hydroxyl groups excluding tert-OH is 1. The van der Waals surface area contributed by atoms with Crippen molar-refractivity contribution in [2.75, 3.05) is 18.1 Å². The number of ether oxygens (including phenoxy) is 2. The number of aliphatic hydroxyl groups is 1. The first-order valence-corrected chi connectivity index (χ1v) is 14.7. The highest BCUT2D eigenvalue weighted by Crippen LogP contribution is 2.45. The van der Waals surface area contributed by atoms with Crippen molar-refractivity contribution < 1.29 is 24.2 Å². The molecular weight excluding hydrogens is 552 g/mol. The van der Waals surface area contributed by atoms with Crippen LogP contribution in [0.25, 0.3) is 21.6 Å². The number of fused-ring (bicyclic) bond motifs is 2. The molecule has 1 amide bonds. The van der Waals surface area contributed by atoms with Crippen LogP contribution in [0, 0.1) is 6.92 Å². The van der Waals surface area contributed by atoms with E-state index < -0.39 is 17.7 Å². The third kappa shape index (κ3) is 4.77. The number of carbonyl (C=O) groups excluding carboxylic acids is 2. The SMILES string of the molecule is CCCCOc1ccc(C2C(=C(O)c3c(C)nc4ccccn34)C(=O)C(=O)N2c2nc3ccc(OCC)cc3s2)cc1. The molecule has 2 aromatic carbocycles. The average Bonchev–Trinajstić information content (AvgIpc) is 3.64. The molecule has 214 valence electrons. The van der Waals surface area contributed by atoms with Crippen molar-refractivity contribution in [1.29, 1.82) is 0 Å². The molecule has 9 nitrogen and oxygen atoms in total. The van der Waals surface area contributed by atoms with Gasteiger partial charge in [-0.1, -0.05) is 42.9 Å². The Balaban J connectivity index is 1.51. The largest absolute Gasteiger partial charge is 0.505 e. The summed E-state index contributed by atoms with van der Waals surface area (Å²) in [6.07, 6.45) is 3.72. The van der Waals surface area contributed by atoms with Crippen LogP contribution in [0.15, 0.2) is 72.4 Å². The third-order valence-electron chi connectivity index (χ3n) is 7.20. The molecule has 0 bridgehead atoms. The highest BCUT2D eigenvalue weighted by atomic mass is 32.1. The number of benzene rings is 2. The van der Waals surface area contributed by atoms with Crippen LogP contribution in [0.5, 0.6) is 11.5 Å². The van der Waals surface area contributed by atoms with E-state index in [4.69, 9.17) is 14.5 Å². The van der Waals surface area contributed by atoms with Crippen molar-refractivity contribution in [1.82, 2.24) is 14.4 Å². The monoisotopic (exact) mass is 582 g/mol. The van der Waals surface area contributed by atoms with E-state index in [9.17, 15) is 14.7 Å². The van der Waals surface area contributed by atoms with Crippen molar-refractivity contribution in [2.45, 2.75) is 39.7 Å². The fourth-order valence-corrected chi connectivity index (χ4v) is 6.23. The second-order valence-electron chi connectivity index (χ2n) is 9.97. The maximum absolute atomic E-state index is 13.7. The lowest BCUT2D eigenvalue weighted by Crippen LogP contribution is -2.29. The first-order chi connectivity index (χ1) is 20.4. The zero-order chi connectivity index (χ0) is 29.4. The molecule has 42 heavy (non-hydrogen) atoms. The maximum Gasteiger partial charge on any atom is 0.301 e. The molecule has 0 saturated carbocycles. The lowest BCUT2D eigenvalue weighted by Gasteiger charge is -2.23. The van der Waals surface area contributed by atoms with Gasteiger partial charge in [0.2, 0.25) is 0 Å². The van der Waals surface area contributed by atoms with Crippen LogP contribution in [0.3, 0.4) is 0 Å². The summed E-state index contributed by atoms with van der Waals surface area (Å²) in [7, 11) is 0. The molecule has 0 radical (unpaired) electrons. The van der Waals surface area contributed by atoms with Crippen molar-refractivity contribution in [3.8, 4) is 11.5 Å². The van der Waals surface area contributed by atoms with Crippen LogP contribution in [-0.2, 0) is 9.59 Å². The van der Waals surface area contributed by atoms with Gasteiger partial charge in [-0.25, -0.2) is 9.97 Å². The molecule has 1 aliphatic rings. The fraction of sp³-hybridized carbons (Fsp3) is 0.250. The maximum atomic E-state index is 13.7. The third-order valence-corrected chi connectivity index (χ3v) is 8.22. The van der Waals surface area contributed by atoms with Crippen LogP contribution in [-0.4, -0.2) is 44.4 Å². The van der Waals surface area contributed by atoms with Gasteiger partial charge < -0.3 is 14.6 Å². The Kier molecular flexibility index (Phi) is 7.38. The predicted octanol–water partition coefficient (Wildman–Crippen LogP) is 6.46. The van der Waals surface area contributed by atoms with E-state index in [-0.39, 0.29) is 11.3 Å². The number of ketones is 1. The molecule has 1 atom stereocenters. The van der Waals surface area contributed by atoms with Gasteiger partial charge in [-0.3, -0.25) is 18.9 Å². The van der Waals surface area contributed by atoms with E-state index in [0.29, 0.717) is 58.0 Å². The highest BCUT2D eigenvalue weighted by Gasteiger charge is 2.48. The molecule has 1 aliphatic heterocycles. The second-order valence-corrected chi connectivity index (χ2v) is 11.0. The van der Waals surface area contributed by atoms with Gasteiger partial charge in [-0.2, -0.15) is 0 Å². The van der Waals surface area contributed by atoms with Crippen molar-refractivity contribution in [3.05, 3.63) is 89.4 Å². The average molecular weight is 583 g/mol. The van der Waals surface area contributed by atoms with Crippen LogP contribution >= 0.6 is 11.3 Å². The quantitative estimate of drug-likeness (QED) is 0.0921. The highest BCUT2D eigenvalue weighted by molar-refractivity contribution is 7.22. The van der Waals surface area contributed by atoms with Gasteiger partial charge in [0.05, 0.1) is 40.7 Å². The molecular formula is C32H30N4O5S. The molecule has 4 heterocycles. The Labute approximate surface area is 246 Å². The summed E-state index contributed by atoms with van der Waals surface area (Å²) in [5.41, 5.74) is 2.80. The first kappa shape index (κ1) is 27.5. The summed E-state index contributed by atoms with van der Waals surface area (Å²) in [6.45, 7) is 6.89. The van der Waals surface area contributed by atoms with Gasteiger partial charge in [0.25, 0.3) is 5.78 Å². The minimum Gasteiger partial charge on any atom is -0.505 e. The molecule has 1 N–H and O–H groups in total. The number of amides is 1. The molecule has 0 aliphatic carbocycles. The zero-order valence-corrected chi connectivity index (χ0v) is 24.4. The fourth-order valence-electron chi connectivity index (χ4n) is 5.20. The number of anilines is 1. The number of rotatable bonds is 9. The van der Waals surface area contributed by atoms with E-state index in [2.05, 4.69) is 11.9 Å². The van der Waals surface area contributed by atoms with Gasteiger partial charge in [-0.05, 0) is 68.3 Å². The number of unbranched alkanes of at least 4 members (excludes halogenated alkanes) is 1. The molecule has 1 fully saturated rings. The summed E-state index contributed by atoms with van der Waals surface area (Å²) < 4.78 is 14.0. The Morgan fingerprint density at radius 1 is 1.00 bits per heavy atom. The first-order valence-electron chi connectivity index (χ1n) is 13.9. The zero-order valence-electron chi connectivity index (χ0n) is 23.5. The summed E-state index contributed by atoms with van der Waals surface area (Å²) >= 11 is 1.29. The Morgan fingerprint density at radius 3 is 2.55 bits per heavy atom. The van der Waals surface area contributed by atoms with E-state index in [1.165, 1.54) is 16.2 Å². The number of aryl methyl sites for hydroxylation is 1. The molecule has 5 aromatic rings. The predicted molar refractivity (Wildman–Crippen MR) is 162 cm³/mol. The number of pyridine rings is 1. The van der Waals surface area contributed by atoms with Gasteiger partial charge >= 0.3 is 5.91 Å². The van der Waals surface area contributed by atoms with Crippen molar-refractivity contribution >= 4 is 49.8 Å². The number of nitrogens with zero attached hydrogens (tertiary/aromatic N) is 4. The van der Waals surface area contributed by atoms with E-state index in [1.54, 1.807) is 17.5 Å². The van der Waals surface area contributed by atoms with Gasteiger partial charge in [-0.15, -0.1) is 0 Å². The normalized spacial score (nSPS) is 16.5. The summed E-state index contributed by atoms with van der Waals surface area (Å²) in [5, 5.41) is 12.1.